The third-order valence-corrected chi connectivity index (χ3v) is 2.38. The number of carboxylic acid groups (broad SMARTS) is 1. The summed E-state index contributed by atoms with van der Waals surface area (Å²) in [5.74, 6) is -0.0591. The third kappa shape index (κ3) is 2.10. The minimum Gasteiger partial charge on any atom is -0.476 e. The number of hydrogen-bond acceptors (Lipinski definition) is 3. The van der Waals surface area contributed by atoms with Crippen LogP contribution in [0.3, 0.4) is 0 Å². The fraction of sp³-hybridized carbons (Fsp3) is 0.300. The molecule has 16 heavy (non-hydrogen) atoms. The molecule has 0 fully saturated rings. The van der Waals surface area contributed by atoms with Crippen molar-refractivity contribution < 1.29 is 9.90 Å². The Morgan fingerprint density at radius 3 is 2.81 bits per heavy atom. The van der Waals surface area contributed by atoms with Crippen LogP contribution >= 0.6 is 0 Å². The summed E-state index contributed by atoms with van der Waals surface area (Å²) in [5.41, 5.74) is 0.0716. The average molecular weight is 220 g/mol. The molecule has 2 rings (SSSR count). The highest BCUT2D eigenvalue weighted by Gasteiger charge is 2.06. The molecule has 0 radical (unpaired) electrons. The Hall–Kier alpha value is -2.11. The molecule has 0 amide bonds. The molecule has 0 bridgehead atoms. The maximum Gasteiger partial charge on any atom is 0.356 e. The van der Waals surface area contributed by atoms with Crippen LogP contribution in [-0.4, -0.2) is 30.2 Å². The number of carbonyl (C=O) groups is 1. The largest absolute Gasteiger partial charge is 0.476 e. The van der Waals surface area contributed by atoms with E-state index in [1.165, 1.54) is 12.5 Å². The van der Waals surface area contributed by atoms with Crippen molar-refractivity contribution in [2.75, 3.05) is 0 Å². The van der Waals surface area contributed by atoms with Gasteiger partial charge in [0.25, 0.3) is 0 Å². The summed E-state index contributed by atoms with van der Waals surface area (Å²) in [4.78, 5) is 18.5. The highest BCUT2D eigenvalue weighted by Crippen LogP contribution is 1.99. The summed E-state index contributed by atoms with van der Waals surface area (Å²) >= 11 is 0. The number of rotatable bonds is 4. The quantitative estimate of drug-likeness (QED) is 0.826. The van der Waals surface area contributed by atoms with Gasteiger partial charge in [0.05, 0.1) is 6.33 Å². The molecule has 0 atom stereocenters. The zero-order chi connectivity index (χ0) is 11.5. The van der Waals surface area contributed by atoms with Crippen LogP contribution in [0.25, 0.3) is 0 Å². The minimum absolute atomic E-state index is 0.0716. The van der Waals surface area contributed by atoms with E-state index in [1.54, 1.807) is 10.8 Å². The molecule has 6 nitrogen and oxygen atoms in total. The molecule has 0 aromatic carbocycles. The van der Waals surface area contributed by atoms with Gasteiger partial charge in [-0.1, -0.05) is 0 Å². The molecular weight excluding hydrogens is 208 g/mol. The van der Waals surface area contributed by atoms with Crippen LogP contribution in [-0.2, 0) is 13.1 Å². The summed E-state index contributed by atoms with van der Waals surface area (Å²) in [6.45, 7) is 3.36. The number of aromatic nitrogens is 4. The van der Waals surface area contributed by atoms with Crippen LogP contribution in [0, 0.1) is 6.92 Å². The second-order valence-corrected chi connectivity index (χ2v) is 3.47. The summed E-state index contributed by atoms with van der Waals surface area (Å²) < 4.78 is 3.75. The molecule has 84 valence electrons. The fourth-order valence-electron chi connectivity index (χ4n) is 1.46. The van der Waals surface area contributed by atoms with Gasteiger partial charge in [-0.3, -0.25) is 0 Å². The first kappa shape index (κ1) is 10.4. The first-order valence-corrected chi connectivity index (χ1v) is 4.89. The van der Waals surface area contributed by atoms with Crippen molar-refractivity contribution in [3.63, 3.8) is 0 Å². The van der Waals surface area contributed by atoms with Crippen LogP contribution in [0.15, 0.2) is 24.9 Å². The van der Waals surface area contributed by atoms with Crippen molar-refractivity contribution in [3.8, 4) is 0 Å². The summed E-state index contributed by atoms with van der Waals surface area (Å²) in [6, 6.07) is 0. The molecule has 0 spiro atoms. The fourth-order valence-corrected chi connectivity index (χ4v) is 1.46. The van der Waals surface area contributed by atoms with E-state index in [1.807, 2.05) is 17.7 Å². The summed E-state index contributed by atoms with van der Waals surface area (Å²) in [7, 11) is 0. The van der Waals surface area contributed by atoms with E-state index >= 15 is 0 Å². The Morgan fingerprint density at radius 1 is 1.44 bits per heavy atom. The number of imidazole rings is 2. The lowest BCUT2D eigenvalue weighted by atomic mass is 10.5. The van der Waals surface area contributed by atoms with E-state index in [0.717, 1.165) is 12.4 Å². The molecule has 0 aliphatic rings. The van der Waals surface area contributed by atoms with E-state index in [2.05, 4.69) is 9.97 Å². The molecule has 2 heterocycles. The molecule has 0 aliphatic heterocycles. The first-order valence-electron chi connectivity index (χ1n) is 4.89. The van der Waals surface area contributed by atoms with Crippen molar-refractivity contribution >= 4 is 5.97 Å². The molecule has 2 aromatic rings. The van der Waals surface area contributed by atoms with E-state index in [-0.39, 0.29) is 5.69 Å². The lowest BCUT2D eigenvalue weighted by molar-refractivity contribution is 0.0691. The maximum atomic E-state index is 10.6. The van der Waals surface area contributed by atoms with Gasteiger partial charge < -0.3 is 14.2 Å². The second kappa shape index (κ2) is 4.18. The highest BCUT2D eigenvalue weighted by molar-refractivity contribution is 5.84. The smallest absolute Gasteiger partial charge is 0.356 e. The van der Waals surface area contributed by atoms with Crippen LogP contribution in [0.5, 0.6) is 0 Å². The van der Waals surface area contributed by atoms with Crippen molar-refractivity contribution in [2.24, 2.45) is 0 Å². The Balaban J connectivity index is 2.00. The lowest BCUT2D eigenvalue weighted by Gasteiger charge is -2.04. The van der Waals surface area contributed by atoms with E-state index in [9.17, 15) is 4.79 Å². The number of aryl methyl sites for hydroxylation is 3. The number of hydrogen-bond donors (Lipinski definition) is 1. The van der Waals surface area contributed by atoms with Crippen LogP contribution in [0.4, 0.5) is 0 Å². The average Bonchev–Trinajstić information content (AvgIpc) is 2.83. The van der Waals surface area contributed by atoms with Gasteiger partial charge in [-0.05, 0) is 6.92 Å². The molecular formula is C10H12N4O2. The molecule has 0 unspecified atom stereocenters. The molecule has 0 saturated heterocycles. The van der Waals surface area contributed by atoms with Crippen LogP contribution in [0.2, 0.25) is 0 Å². The predicted octanol–water partition coefficient (Wildman–Crippen LogP) is 0.786. The Labute approximate surface area is 92.2 Å². The lowest BCUT2D eigenvalue weighted by Crippen LogP contribution is -2.06. The zero-order valence-corrected chi connectivity index (χ0v) is 8.87. The summed E-state index contributed by atoms with van der Waals surface area (Å²) in [6.07, 6.45) is 6.68. The van der Waals surface area contributed by atoms with Gasteiger partial charge in [0, 0.05) is 31.7 Å². The molecule has 6 heteroatoms. The van der Waals surface area contributed by atoms with Gasteiger partial charge >= 0.3 is 5.97 Å². The Morgan fingerprint density at radius 2 is 2.25 bits per heavy atom. The SMILES string of the molecule is Cc1nccn1CCn1cnc(C(=O)O)c1. The van der Waals surface area contributed by atoms with Crippen LogP contribution < -0.4 is 0 Å². The third-order valence-electron chi connectivity index (χ3n) is 2.38. The summed E-state index contributed by atoms with van der Waals surface area (Å²) in [5, 5.41) is 8.70. The predicted molar refractivity (Wildman–Crippen MR) is 56.2 cm³/mol. The van der Waals surface area contributed by atoms with Crippen molar-refractivity contribution in [1.29, 1.82) is 0 Å². The number of aromatic carboxylic acids is 1. The first-order chi connectivity index (χ1) is 7.66. The van der Waals surface area contributed by atoms with Gasteiger partial charge in [-0.15, -0.1) is 0 Å². The molecule has 2 aromatic heterocycles. The number of nitrogens with zero attached hydrogens (tertiary/aromatic N) is 4. The monoisotopic (exact) mass is 220 g/mol. The van der Waals surface area contributed by atoms with Crippen molar-refractivity contribution in [3.05, 3.63) is 36.4 Å². The Kier molecular flexibility index (Phi) is 2.72. The van der Waals surface area contributed by atoms with E-state index in [0.29, 0.717) is 6.54 Å². The Bertz CT molecular complexity index is 500. The standard InChI is InChI=1S/C10H12N4O2/c1-8-11-2-3-14(8)5-4-13-6-9(10(15)16)12-7-13/h2-3,6-7H,4-5H2,1H3,(H,15,16). The van der Waals surface area contributed by atoms with E-state index in [4.69, 9.17) is 5.11 Å². The van der Waals surface area contributed by atoms with Gasteiger partial charge in [0.1, 0.15) is 5.82 Å². The van der Waals surface area contributed by atoms with Gasteiger partial charge in [0.15, 0.2) is 5.69 Å². The molecule has 0 saturated carbocycles. The minimum atomic E-state index is -1.00. The molecule has 0 aliphatic carbocycles. The molecule has 1 N–H and O–H groups in total. The van der Waals surface area contributed by atoms with Gasteiger partial charge in [-0.2, -0.15) is 0 Å². The maximum absolute atomic E-state index is 10.6. The van der Waals surface area contributed by atoms with Crippen molar-refractivity contribution in [2.45, 2.75) is 20.0 Å². The van der Waals surface area contributed by atoms with Crippen molar-refractivity contribution in [1.82, 2.24) is 19.1 Å². The highest BCUT2D eigenvalue weighted by atomic mass is 16.4. The normalized spacial score (nSPS) is 10.6. The van der Waals surface area contributed by atoms with Gasteiger partial charge in [-0.25, -0.2) is 14.8 Å². The van der Waals surface area contributed by atoms with Crippen LogP contribution in [0.1, 0.15) is 16.3 Å². The topological polar surface area (TPSA) is 72.9 Å². The second-order valence-electron chi connectivity index (χ2n) is 3.47. The van der Waals surface area contributed by atoms with E-state index < -0.39 is 5.97 Å². The number of carboxylic acids is 1. The van der Waals surface area contributed by atoms with Gasteiger partial charge in [0.2, 0.25) is 0 Å². The zero-order valence-electron chi connectivity index (χ0n) is 8.87.